The Morgan fingerprint density at radius 1 is 1.78 bits per heavy atom. The fourth-order valence-corrected chi connectivity index (χ4v) is 0.360. The molecule has 0 aromatic heterocycles. The number of hydrogen-bond acceptors (Lipinski definition) is 2. The van der Waals surface area contributed by atoms with Gasteiger partial charge in [-0.25, -0.2) is 0 Å². The van der Waals surface area contributed by atoms with Crippen molar-refractivity contribution in [1.29, 1.82) is 0 Å². The Morgan fingerprint density at radius 2 is 2.44 bits per heavy atom. The molecule has 0 aromatic rings. The zero-order valence-electron chi connectivity index (χ0n) is 5.68. The highest BCUT2D eigenvalue weighted by atomic mass is 32.1. The summed E-state index contributed by atoms with van der Waals surface area (Å²) >= 11 is 4.70. The second-order valence-electron chi connectivity index (χ2n) is 1.42. The Bertz CT molecular complexity index is 112. The number of hydrogen-bond donors (Lipinski definition) is 1. The minimum atomic E-state index is 0.438. The Morgan fingerprint density at radius 3 is 2.89 bits per heavy atom. The van der Waals surface area contributed by atoms with Crippen LogP contribution in [-0.4, -0.2) is 18.8 Å². The van der Waals surface area contributed by atoms with Crippen LogP contribution in [0.3, 0.4) is 0 Å². The third kappa shape index (κ3) is 5.30. The molecule has 0 spiro atoms. The molecule has 0 atom stereocenters. The summed E-state index contributed by atoms with van der Waals surface area (Å²) in [5, 5.41) is 3.14. The highest BCUT2D eigenvalue weighted by Gasteiger charge is 1.85. The van der Waals surface area contributed by atoms with Gasteiger partial charge >= 0.3 is 0 Å². The van der Waals surface area contributed by atoms with Crippen LogP contribution in [0, 0.1) is 0 Å². The Balaban J connectivity index is 3.17. The summed E-state index contributed by atoms with van der Waals surface area (Å²) in [5.74, 6) is 0. The van der Waals surface area contributed by atoms with E-state index in [0.717, 1.165) is 0 Å². The molecule has 0 radical (unpaired) electrons. The van der Waals surface area contributed by atoms with Crippen LogP contribution in [0.4, 0.5) is 0 Å². The van der Waals surface area contributed by atoms with Gasteiger partial charge in [-0.3, -0.25) is 0 Å². The van der Waals surface area contributed by atoms with Crippen molar-refractivity contribution in [2.24, 2.45) is 0 Å². The van der Waals surface area contributed by atoms with E-state index in [9.17, 15) is 0 Å². The van der Waals surface area contributed by atoms with Gasteiger partial charge in [0.25, 0.3) is 5.17 Å². The normalized spacial score (nSPS) is 9.56. The first-order valence-corrected chi connectivity index (χ1v) is 3.17. The van der Waals surface area contributed by atoms with Gasteiger partial charge in [0.15, 0.2) is 0 Å². The average Bonchev–Trinajstić information content (AvgIpc) is 1.89. The van der Waals surface area contributed by atoms with Gasteiger partial charge in [0.2, 0.25) is 0 Å². The molecule has 52 valence electrons. The highest BCUT2D eigenvalue weighted by molar-refractivity contribution is 7.80. The maximum atomic E-state index is 4.97. The molecule has 2 nitrogen and oxygen atoms in total. The number of nitrogens with one attached hydrogen (secondary N) is 1. The molecule has 0 amide bonds. The third-order valence-electron chi connectivity index (χ3n) is 0.750. The van der Waals surface area contributed by atoms with E-state index in [4.69, 9.17) is 17.0 Å². The molecule has 0 fully saturated rings. The fraction of sp³-hybridized carbons (Fsp3) is 0.500. The van der Waals surface area contributed by atoms with E-state index in [1.165, 1.54) is 0 Å². The second kappa shape index (κ2) is 5.56. The van der Waals surface area contributed by atoms with Crippen molar-refractivity contribution < 1.29 is 4.74 Å². The minimum Gasteiger partial charge on any atom is -0.467 e. The molecule has 0 unspecified atom stereocenters. The van der Waals surface area contributed by atoms with Crippen molar-refractivity contribution in [2.75, 3.05) is 13.7 Å². The number of ether oxygens (including phenoxy) is 1. The first-order valence-electron chi connectivity index (χ1n) is 2.77. The summed E-state index contributed by atoms with van der Waals surface area (Å²) in [5.41, 5.74) is 0. The van der Waals surface area contributed by atoms with E-state index < -0.39 is 0 Å². The van der Waals surface area contributed by atoms with Crippen molar-refractivity contribution in [1.82, 2.24) is 5.32 Å². The maximum Gasteiger partial charge on any atom is 0.256 e. The van der Waals surface area contributed by atoms with Crippen molar-refractivity contribution in [2.45, 2.75) is 6.92 Å². The van der Waals surface area contributed by atoms with E-state index in [-0.39, 0.29) is 0 Å². The summed E-state index contributed by atoms with van der Waals surface area (Å²) in [6, 6.07) is 0. The minimum absolute atomic E-state index is 0.438. The van der Waals surface area contributed by atoms with Crippen molar-refractivity contribution in [3.8, 4) is 0 Å². The molecule has 0 aliphatic carbocycles. The van der Waals surface area contributed by atoms with E-state index in [0.29, 0.717) is 11.8 Å². The van der Waals surface area contributed by atoms with Gasteiger partial charge in [0.05, 0.1) is 0 Å². The second-order valence-corrected chi connectivity index (χ2v) is 1.79. The van der Waals surface area contributed by atoms with E-state index in [1.807, 2.05) is 19.1 Å². The lowest BCUT2D eigenvalue weighted by Crippen LogP contribution is -2.18. The summed E-state index contributed by atoms with van der Waals surface area (Å²) < 4.78 is 4.97. The van der Waals surface area contributed by atoms with Gasteiger partial charge in [-0.1, -0.05) is 12.2 Å². The van der Waals surface area contributed by atoms with Crippen LogP contribution < -0.4 is 5.32 Å². The zero-order valence-corrected chi connectivity index (χ0v) is 6.49. The number of allylic oxidation sites excluding steroid dienone is 1. The van der Waals surface area contributed by atoms with Gasteiger partial charge in [-0.2, -0.15) is 0 Å². The van der Waals surface area contributed by atoms with Gasteiger partial charge in [-0.15, -0.1) is 0 Å². The van der Waals surface area contributed by atoms with Crippen LogP contribution in [-0.2, 0) is 4.74 Å². The summed E-state index contributed by atoms with van der Waals surface area (Å²) in [7, 11) is 1.73. The Labute approximate surface area is 60.9 Å². The lowest BCUT2D eigenvalue weighted by molar-refractivity contribution is 0.346. The molecule has 0 aromatic carbocycles. The van der Waals surface area contributed by atoms with Gasteiger partial charge in [0.1, 0.15) is 6.61 Å². The smallest absolute Gasteiger partial charge is 0.256 e. The summed E-state index contributed by atoms with van der Waals surface area (Å²) in [6.07, 6.45) is 3.81. The Hall–Kier alpha value is -0.570. The quantitative estimate of drug-likeness (QED) is 0.464. The third-order valence-corrected chi connectivity index (χ3v) is 1.07. The SMILES string of the molecule is C/C=C/COC(=S)NC. The molecule has 0 saturated carbocycles. The predicted molar refractivity (Wildman–Crippen MR) is 42.4 cm³/mol. The fourth-order valence-electron chi connectivity index (χ4n) is 0.292. The van der Waals surface area contributed by atoms with Crippen LogP contribution in [0.25, 0.3) is 0 Å². The predicted octanol–water partition coefficient (Wildman–Crippen LogP) is 1.08. The van der Waals surface area contributed by atoms with Crippen LogP contribution >= 0.6 is 12.2 Å². The maximum absolute atomic E-state index is 4.97. The van der Waals surface area contributed by atoms with Gasteiger partial charge < -0.3 is 10.1 Å². The Kier molecular flexibility index (Phi) is 5.21. The van der Waals surface area contributed by atoms with Crippen LogP contribution in [0.5, 0.6) is 0 Å². The molecule has 0 saturated heterocycles. The van der Waals surface area contributed by atoms with E-state index >= 15 is 0 Å². The lowest BCUT2D eigenvalue weighted by atomic mass is 10.6. The first-order chi connectivity index (χ1) is 4.31. The van der Waals surface area contributed by atoms with Crippen LogP contribution in [0.2, 0.25) is 0 Å². The van der Waals surface area contributed by atoms with Gasteiger partial charge in [-0.05, 0) is 19.1 Å². The molecular weight excluding hydrogens is 134 g/mol. The molecule has 0 aliphatic heterocycles. The molecule has 0 heterocycles. The molecular formula is C6H11NOS. The molecule has 0 bridgehead atoms. The highest BCUT2D eigenvalue weighted by Crippen LogP contribution is 1.78. The summed E-state index contributed by atoms with van der Waals surface area (Å²) in [6.45, 7) is 2.49. The van der Waals surface area contributed by atoms with E-state index in [2.05, 4.69) is 5.32 Å². The number of thiocarbonyl (C=S) groups is 1. The standard InChI is InChI=1S/C6H11NOS/c1-3-4-5-8-6(9)7-2/h3-4H,5H2,1-2H3,(H,7,9)/b4-3+. The zero-order chi connectivity index (χ0) is 7.11. The van der Waals surface area contributed by atoms with Crippen molar-refractivity contribution in [3.63, 3.8) is 0 Å². The molecule has 0 aliphatic rings. The van der Waals surface area contributed by atoms with E-state index in [1.54, 1.807) is 7.05 Å². The van der Waals surface area contributed by atoms with Crippen molar-refractivity contribution >= 4 is 17.4 Å². The molecule has 3 heteroatoms. The summed E-state index contributed by atoms with van der Waals surface area (Å²) in [4.78, 5) is 0. The monoisotopic (exact) mass is 145 g/mol. The van der Waals surface area contributed by atoms with Crippen LogP contribution in [0.15, 0.2) is 12.2 Å². The van der Waals surface area contributed by atoms with Crippen LogP contribution in [0.1, 0.15) is 6.92 Å². The molecule has 0 rings (SSSR count). The topological polar surface area (TPSA) is 21.3 Å². The average molecular weight is 145 g/mol. The molecule has 9 heavy (non-hydrogen) atoms. The first kappa shape index (κ1) is 8.43. The van der Waals surface area contributed by atoms with Gasteiger partial charge in [0, 0.05) is 7.05 Å². The largest absolute Gasteiger partial charge is 0.467 e. The lowest BCUT2D eigenvalue weighted by Gasteiger charge is -2.01. The number of rotatable bonds is 2. The van der Waals surface area contributed by atoms with Crippen molar-refractivity contribution in [3.05, 3.63) is 12.2 Å². The molecule has 1 N–H and O–H groups in total.